The standard InChI is InChI=1S/C19H23N3O3/c1-4-25-16-11-10-14(19(24)22(2)3)12-15(16)21-18(23)17(20)13-8-6-5-7-9-13/h5-12,17H,4,20H2,1-3H3,(H,21,23)/t17-/m1/s1. The van der Waals surface area contributed by atoms with Crippen LogP contribution in [0.15, 0.2) is 48.5 Å². The van der Waals surface area contributed by atoms with Gasteiger partial charge in [0.15, 0.2) is 0 Å². The van der Waals surface area contributed by atoms with Crippen molar-refractivity contribution in [1.29, 1.82) is 0 Å². The van der Waals surface area contributed by atoms with Gasteiger partial charge in [0, 0.05) is 19.7 Å². The number of rotatable bonds is 6. The molecule has 132 valence electrons. The molecule has 1 atom stereocenters. The van der Waals surface area contributed by atoms with Gasteiger partial charge in [-0.3, -0.25) is 9.59 Å². The predicted molar refractivity (Wildman–Crippen MR) is 97.6 cm³/mol. The number of carbonyl (C=O) groups excluding carboxylic acids is 2. The third kappa shape index (κ3) is 4.58. The molecule has 0 aliphatic heterocycles. The highest BCUT2D eigenvalue weighted by molar-refractivity contribution is 6.00. The number of ether oxygens (including phenoxy) is 1. The lowest BCUT2D eigenvalue weighted by atomic mass is 10.1. The molecule has 0 fully saturated rings. The average molecular weight is 341 g/mol. The Balaban J connectivity index is 2.27. The number of hydrogen-bond donors (Lipinski definition) is 2. The van der Waals surface area contributed by atoms with Gasteiger partial charge in [0.25, 0.3) is 5.91 Å². The normalized spacial score (nSPS) is 11.5. The lowest BCUT2D eigenvalue weighted by Crippen LogP contribution is -2.28. The monoisotopic (exact) mass is 341 g/mol. The Bertz CT molecular complexity index is 745. The summed E-state index contributed by atoms with van der Waals surface area (Å²) >= 11 is 0. The highest BCUT2D eigenvalue weighted by atomic mass is 16.5. The van der Waals surface area contributed by atoms with E-state index in [0.717, 1.165) is 0 Å². The number of nitrogens with two attached hydrogens (primary N) is 1. The van der Waals surface area contributed by atoms with Gasteiger partial charge in [0.1, 0.15) is 11.8 Å². The number of hydrogen-bond acceptors (Lipinski definition) is 4. The van der Waals surface area contributed by atoms with Crippen molar-refractivity contribution < 1.29 is 14.3 Å². The number of amides is 2. The van der Waals surface area contributed by atoms with Crippen molar-refractivity contribution in [2.75, 3.05) is 26.0 Å². The molecule has 0 saturated heterocycles. The summed E-state index contributed by atoms with van der Waals surface area (Å²) in [5.41, 5.74) is 7.61. The molecule has 6 nitrogen and oxygen atoms in total. The summed E-state index contributed by atoms with van der Waals surface area (Å²) < 4.78 is 5.54. The van der Waals surface area contributed by atoms with Gasteiger partial charge in [0.2, 0.25) is 5.91 Å². The Morgan fingerprint density at radius 1 is 1.16 bits per heavy atom. The fourth-order valence-electron chi connectivity index (χ4n) is 2.32. The maximum atomic E-state index is 12.5. The summed E-state index contributed by atoms with van der Waals surface area (Å²) in [6.45, 7) is 2.29. The van der Waals surface area contributed by atoms with Gasteiger partial charge in [-0.2, -0.15) is 0 Å². The highest BCUT2D eigenvalue weighted by Crippen LogP contribution is 2.27. The van der Waals surface area contributed by atoms with E-state index in [0.29, 0.717) is 29.2 Å². The van der Waals surface area contributed by atoms with Crippen LogP contribution in [0, 0.1) is 0 Å². The van der Waals surface area contributed by atoms with E-state index in [1.807, 2.05) is 25.1 Å². The minimum Gasteiger partial charge on any atom is -0.492 e. The van der Waals surface area contributed by atoms with Gasteiger partial charge in [-0.15, -0.1) is 0 Å². The molecule has 0 aliphatic rings. The van der Waals surface area contributed by atoms with Crippen molar-refractivity contribution in [3.63, 3.8) is 0 Å². The summed E-state index contributed by atoms with van der Waals surface area (Å²) in [4.78, 5) is 26.1. The maximum Gasteiger partial charge on any atom is 0.253 e. The lowest BCUT2D eigenvalue weighted by Gasteiger charge is -2.17. The van der Waals surface area contributed by atoms with E-state index >= 15 is 0 Å². The molecule has 25 heavy (non-hydrogen) atoms. The van der Waals surface area contributed by atoms with Gasteiger partial charge in [0.05, 0.1) is 12.3 Å². The van der Waals surface area contributed by atoms with Crippen LogP contribution in [0.5, 0.6) is 5.75 Å². The van der Waals surface area contributed by atoms with Crippen molar-refractivity contribution >= 4 is 17.5 Å². The molecule has 0 bridgehead atoms. The first kappa shape index (κ1) is 18.5. The minimum absolute atomic E-state index is 0.161. The zero-order valence-electron chi connectivity index (χ0n) is 14.7. The van der Waals surface area contributed by atoms with Crippen molar-refractivity contribution in [2.24, 2.45) is 5.73 Å². The van der Waals surface area contributed by atoms with E-state index in [9.17, 15) is 9.59 Å². The Labute approximate surface area is 147 Å². The second kappa shape index (κ2) is 8.30. The second-order valence-electron chi connectivity index (χ2n) is 5.72. The molecule has 0 saturated carbocycles. The van der Waals surface area contributed by atoms with E-state index in [2.05, 4.69) is 5.32 Å². The molecule has 2 aromatic rings. The molecule has 2 rings (SSSR count). The van der Waals surface area contributed by atoms with Crippen molar-refractivity contribution in [2.45, 2.75) is 13.0 Å². The van der Waals surface area contributed by atoms with Crippen LogP contribution in [0.4, 0.5) is 5.69 Å². The van der Waals surface area contributed by atoms with Gasteiger partial charge in [-0.25, -0.2) is 0 Å². The summed E-state index contributed by atoms with van der Waals surface area (Å²) in [7, 11) is 3.34. The molecule has 0 spiro atoms. The zero-order valence-corrected chi connectivity index (χ0v) is 14.7. The molecule has 2 aromatic carbocycles. The Hall–Kier alpha value is -2.86. The molecule has 6 heteroatoms. The molecular weight excluding hydrogens is 318 g/mol. The van der Waals surface area contributed by atoms with E-state index in [1.54, 1.807) is 44.4 Å². The molecule has 0 unspecified atom stereocenters. The van der Waals surface area contributed by atoms with Gasteiger partial charge >= 0.3 is 0 Å². The zero-order chi connectivity index (χ0) is 18.4. The third-order valence-electron chi connectivity index (χ3n) is 3.63. The SMILES string of the molecule is CCOc1ccc(C(=O)N(C)C)cc1NC(=O)[C@H](N)c1ccccc1. The number of carbonyl (C=O) groups is 2. The first-order chi connectivity index (χ1) is 11.9. The molecule has 0 radical (unpaired) electrons. The van der Waals surface area contributed by atoms with Crippen LogP contribution in [-0.2, 0) is 4.79 Å². The van der Waals surface area contributed by atoms with Crippen molar-refractivity contribution in [3.05, 3.63) is 59.7 Å². The lowest BCUT2D eigenvalue weighted by molar-refractivity contribution is -0.117. The van der Waals surface area contributed by atoms with Crippen molar-refractivity contribution in [3.8, 4) is 5.75 Å². The smallest absolute Gasteiger partial charge is 0.253 e. The van der Waals surface area contributed by atoms with E-state index < -0.39 is 6.04 Å². The van der Waals surface area contributed by atoms with E-state index in [4.69, 9.17) is 10.5 Å². The van der Waals surface area contributed by atoms with Crippen LogP contribution in [-0.4, -0.2) is 37.4 Å². The summed E-state index contributed by atoms with van der Waals surface area (Å²) in [5, 5.41) is 2.77. The summed E-state index contributed by atoms with van der Waals surface area (Å²) in [6, 6.07) is 13.2. The topological polar surface area (TPSA) is 84.7 Å². The number of anilines is 1. The first-order valence-corrected chi connectivity index (χ1v) is 8.04. The minimum atomic E-state index is -0.816. The third-order valence-corrected chi connectivity index (χ3v) is 3.63. The Morgan fingerprint density at radius 2 is 1.84 bits per heavy atom. The quantitative estimate of drug-likeness (QED) is 0.845. The van der Waals surface area contributed by atoms with Gasteiger partial charge in [-0.05, 0) is 30.7 Å². The number of benzene rings is 2. The summed E-state index contributed by atoms with van der Waals surface area (Å²) in [6.07, 6.45) is 0. The molecule has 0 aliphatic carbocycles. The largest absolute Gasteiger partial charge is 0.492 e. The first-order valence-electron chi connectivity index (χ1n) is 8.04. The van der Waals surface area contributed by atoms with Crippen LogP contribution in [0.3, 0.4) is 0 Å². The van der Waals surface area contributed by atoms with Crippen LogP contribution >= 0.6 is 0 Å². The van der Waals surface area contributed by atoms with Gasteiger partial charge < -0.3 is 20.7 Å². The average Bonchev–Trinajstić information content (AvgIpc) is 2.62. The molecule has 0 aromatic heterocycles. The van der Waals surface area contributed by atoms with Crippen molar-refractivity contribution in [1.82, 2.24) is 4.90 Å². The molecule has 2 amide bonds. The molecule has 3 N–H and O–H groups in total. The summed E-state index contributed by atoms with van der Waals surface area (Å²) in [5.74, 6) is -0.0427. The molecule has 0 heterocycles. The predicted octanol–water partition coefficient (Wildman–Crippen LogP) is 2.43. The Morgan fingerprint density at radius 3 is 2.44 bits per heavy atom. The number of nitrogens with one attached hydrogen (secondary N) is 1. The van der Waals surface area contributed by atoms with E-state index in [-0.39, 0.29) is 11.8 Å². The van der Waals surface area contributed by atoms with Crippen LogP contribution in [0.25, 0.3) is 0 Å². The van der Waals surface area contributed by atoms with Crippen LogP contribution in [0.2, 0.25) is 0 Å². The van der Waals surface area contributed by atoms with Crippen LogP contribution < -0.4 is 15.8 Å². The maximum absolute atomic E-state index is 12.5. The Kier molecular flexibility index (Phi) is 6.14. The fourth-order valence-corrected chi connectivity index (χ4v) is 2.32. The highest BCUT2D eigenvalue weighted by Gasteiger charge is 2.19. The second-order valence-corrected chi connectivity index (χ2v) is 5.72. The van der Waals surface area contributed by atoms with Crippen LogP contribution in [0.1, 0.15) is 28.9 Å². The van der Waals surface area contributed by atoms with E-state index in [1.165, 1.54) is 4.90 Å². The number of nitrogens with zero attached hydrogens (tertiary/aromatic N) is 1. The van der Waals surface area contributed by atoms with Gasteiger partial charge in [-0.1, -0.05) is 30.3 Å². The fraction of sp³-hybridized carbons (Fsp3) is 0.263. The molecular formula is C19H23N3O3.